The number of benzene rings is 2. The van der Waals surface area contributed by atoms with E-state index >= 15 is 0 Å². The predicted molar refractivity (Wildman–Crippen MR) is 96.4 cm³/mol. The smallest absolute Gasteiger partial charge is 0.150 e. The van der Waals surface area contributed by atoms with E-state index in [-0.39, 0.29) is 6.04 Å². The van der Waals surface area contributed by atoms with E-state index in [4.69, 9.17) is 4.74 Å². The van der Waals surface area contributed by atoms with Crippen molar-refractivity contribution in [3.05, 3.63) is 89.7 Å². The molecule has 1 aromatic heterocycles. The minimum atomic E-state index is -0.899. The molecule has 0 fully saturated rings. The molecule has 0 saturated heterocycles. The quantitative estimate of drug-likeness (QED) is 0.788. The number of hydrogen-bond donors (Lipinski definition) is 1. The van der Waals surface area contributed by atoms with Crippen LogP contribution in [-0.2, 0) is 5.41 Å². The van der Waals surface area contributed by atoms with Crippen molar-refractivity contribution in [2.24, 2.45) is 0 Å². The number of nitrogens with one attached hydrogen (secondary N) is 1. The highest BCUT2D eigenvalue weighted by atomic mass is 16.5. The van der Waals surface area contributed by atoms with Crippen LogP contribution in [0.2, 0.25) is 0 Å². The molecule has 1 aliphatic rings. The van der Waals surface area contributed by atoms with Crippen LogP contribution in [0.3, 0.4) is 0 Å². The van der Waals surface area contributed by atoms with E-state index in [1.165, 1.54) is 0 Å². The predicted octanol–water partition coefficient (Wildman–Crippen LogP) is 4.07. The number of rotatable bonds is 3. The van der Waals surface area contributed by atoms with Crippen molar-refractivity contribution in [3.63, 3.8) is 0 Å². The van der Waals surface area contributed by atoms with Crippen LogP contribution in [0.4, 0.5) is 5.69 Å². The number of ether oxygens (including phenoxy) is 1. The highest BCUT2D eigenvalue weighted by molar-refractivity contribution is 5.68. The van der Waals surface area contributed by atoms with Crippen molar-refractivity contribution < 1.29 is 4.74 Å². The van der Waals surface area contributed by atoms with Crippen molar-refractivity contribution in [1.29, 1.82) is 5.26 Å². The first-order chi connectivity index (χ1) is 12.3. The third kappa shape index (κ3) is 2.25. The minimum absolute atomic E-state index is 0.250. The van der Waals surface area contributed by atoms with E-state index in [0.29, 0.717) is 0 Å². The van der Waals surface area contributed by atoms with E-state index in [2.05, 4.69) is 16.4 Å². The molecule has 3 aromatic rings. The van der Waals surface area contributed by atoms with Gasteiger partial charge in [0.25, 0.3) is 0 Å². The Kier molecular flexibility index (Phi) is 3.62. The van der Waals surface area contributed by atoms with Gasteiger partial charge < -0.3 is 10.1 Å². The molecule has 122 valence electrons. The van der Waals surface area contributed by atoms with Crippen molar-refractivity contribution in [2.75, 3.05) is 12.4 Å². The van der Waals surface area contributed by atoms with Crippen LogP contribution >= 0.6 is 0 Å². The van der Waals surface area contributed by atoms with Gasteiger partial charge in [-0.2, -0.15) is 5.26 Å². The van der Waals surface area contributed by atoms with Gasteiger partial charge in [0, 0.05) is 6.20 Å². The van der Waals surface area contributed by atoms with E-state index in [1.807, 2.05) is 66.7 Å². The maximum absolute atomic E-state index is 10.3. The van der Waals surface area contributed by atoms with Gasteiger partial charge in [-0.3, -0.25) is 4.98 Å². The van der Waals surface area contributed by atoms with Gasteiger partial charge in [0.05, 0.1) is 30.6 Å². The lowest BCUT2D eigenvalue weighted by molar-refractivity contribution is 0.413. The molecular formula is C21H17N3O. The molecule has 0 amide bonds. The molecule has 1 N–H and O–H groups in total. The highest BCUT2D eigenvalue weighted by Gasteiger charge is 2.51. The lowest BCUT2D eigenvalue weighted by Crippen LogP contribution is -2.32. The lowest BCUT2D eigenvalue weighted by Gasteiger charge is -2.29. The third-order valence-electron chi connectivity index (χ3n) is 4.75. The van der Waals surface area contributed by atoms with Crippen LogP contribution in [0.15, 0.2) is 72.9 Å². The van der Waals surface area contributed by atoms with Crippen molar-refractivity contribution in [2.45, 2.75) is 11.5 Å². The fraction of sp³-hybridized carbons (Fsp3) is 0.143. The van der Waals surface area contributed by atoms with Crippen LogP contribution in [0.1, 0.15) is 22.9 Å². The Bertz CT molecular complexity index is 949. The van der Waals surface area contributed by atoms with E-state index in [0.717, 1.165) is 28.3 Å². The summed E-state index contributed by atoms with van der Waals surface area (Å²) >= 11 is 0. The highest BCUT2D eigenvalue weighted by Crippen LogP contribution is 2.51. The normalized spacial score (nSPS) is 21.0. The van der Waals surface area contributed by atoms with Crippen molar-refractivity contribution >= 4 is 5.69 Å². The molecular weight excluding hydrogens is 310 g/mol. The van der Waals surface area contributed by atoms with Crippen LogP contribution in [-0.4, -0.2) is 12.1 Å². The van der Waals surface area contributed by atoms with Gasteiger partial charge in [-0.1, -0.05) is 42.5 Å². The zero-order valence-corrected chi connectivity index (χ0v) is 13.8. The second-order valence-electron chi connectivity index (χ2n) is 6.04. The second-order valence-corrected chi connectivity index (χ2v) is 6.04. The Labute approximate surface area is 146 Å². The number of methoxy groups -OCH3 is 1. The molecule has 0 aliphatic carbocycles. The number of hydrogen-bond acceptors (Lipinski definition) is 4. The number of nitriles is 1. The van der Waals surface area contributed by atoms with Crippen LogP contribution in [0, 0.1) is 11.3 Å². The first-order valence-electron chi connectivity index (χ1n) is 8.12. The summed E-state index contributed by atoms with van der Waals surface area (Å²) in [5.74, 6) is 0.767. The summed E-state index contributed by atoms with van der Waals surface area (Å²) < 4.78 is 5.37. The number of pyridine rings is 1. The standard InChI is InChI=1S/C21H17N3O/c1-25-17-10-5-7-15(13-17)19-21(14-22,16-8-3-2-4-9-16)20-18(24-19)11-6-12-23-20/h2-13,19,24H,1H3/t19-,21-/m0/s1. The number of fused-ring (bicyclic) bond motifs is 1. The molecule has 2 atom stereocenters. The van der Waals surface area contributed by atoms with Crippen LogP contribution in [0.5, 0.6) is 5.75 Å². The molecule has 2 aromatic carbocycles. The zero-order valence-electron chi connectivity index (χ0n) is 13.8. The summed E-state index contributed by atoms with van der Waals surface area (Å²) in [5, 5.41) is 13.8. The van der Waals surface area contributed by atoms with Gasteiger partial charge in [0.2, 0.25) is 0 Å². The molecule has 4 nitrogen and oxygen atoms in total. The topological polar surface area (TPSA) is 57.9 Å². The van der Waals surface area contributed by atoms with E-state index < -0.39 is 5.41 Å². The zero-order chi connectivity index (χ0) is 17.3. The first kappa shape index (κ1) is 15.2. The van der Waals surface area contributed by atoms with Gasteiger partial charge in [-0.05, 0) is 35.4 Å². The Hall–Kier alpha value is -3.32. The maximum atomic E-state index is 10.3. The number of nitrogens with zero attached hydrogens (tertiary/aromatic N) is 2. The summed E-state index contributed by atoms with van der Waals surface area (Å²) in [5.41, 5.74) is 2.67. The summed E-state index contributed by atoms with van der Waals surface area (Å²) in [7, 11) is 1.65. The third-order valence-corrected chi connectivity index (χ3v) is 4.75. The maximum Gasteiger partial charge on any atom is 0.150 e. The van der Waals surface area contributed by atoms with Gasteiger partial charge >= 0.3 is 0 Å². The summed E-state index contributed by atoms with van der Waals surface area (Å²) in [4.78, 5) is 4.56. The fourth-order valence-corrected chi connectivity index (χ4v) is 3.58. The van der Waals surface area contributed by atoms with Crippen molar-refractivity contribution in [3.8, 4) is 11.8 Å². The summed E-state index contributed by atoms with van der Waals surface area (Å²) in [6.07, 6.45) is 1.74. The Morgan fingerprint density at radius 2 is 1.92 bits per heavy atom. The van der Waals surface area contributed by atoms with E-state index in [9.17, 15) is 5.26 Å². The lowest BCUT2D eigenvalue weighted by atomic mass is 9.72. The SMILES string of the molecule is COc1cccc([C@@H]2Nc3cccnc3[C@@]2(C#N)c2ccccc2)c1. The molecule has 0 saturated carbocycles. The number of anilines is 1. The molecule has 0 bridgehead atoms. The minimum Gasteiger partial charge on any atom is -0.497 e. The Morgan fingerprint density at radius 3 is 2.68 bits per heavy atom. The van der Waals surface area contributed by atoms with Gasteiger partial charge in [0.15, 0.2) is 5.41 Å². The monoisotopic (exact) mass is 327 g/mol. The van der Waals surface area contributed by atoms with Crippen LogP contribution in [0.25, 0.3) is 0 Å². The molecule has 4 heteroatoms. The Balaban J connectivity index is 1.97. The fourth-order valence-electron chi connectivity index (χ4n) is 3.58. The Morgan fingerprint density at radius 1 is 1.08 bits per heavy atom. The summed E-state index contributed by atoms with van der Waals surface area (Å²) in [6.45, 7) is 0. The van der Waals surface area contributed by atoms with Crippen LogP contribution < -0.4 is 10.1 Å². The molecule has 0 radical (unpaired) electrons. The average Bonchev–Trinajstić information content (AvgIpc) is 3.04. The van der Waals surface area contributed by atoms with Gasteiger partial charge in [-0.25, -0.2) is 0 Å². The second kappa shape index (κ2) is 5.95. The van der Waals surface area contributed by atoms with Gasteiger partial charge in [0.1, 0.15) is 5.75 Å². The molecule has 2 heterocycles. The molecule has 0 spiro atoms. The molecule has 0 unspecified atom stereocenters. The largest absolute Gasteiger partial charge is 0.497 e. The molecule has 1 aliphatic heterocycles. The molecule has 25 heavy (non-hydrogen) atoms. The molecule has 4 rings (SSSR count). The summed E-state index contributed by atoms with van der Waals surface area (Å²) in [6, 6.07) is 23.8. The average molecular weight is 327 g/mol. The number of aromatic nitrogens is 1. The van der Waals surface area contributed by atoms with E-state index in [1.54, 1.807) is 13.3 Å². The van der Waals surface area contributed by atoms with Gasteiger partial charge in [-0.15, -0.1) is 0 Å². The van der Waals surface area contributed by atoms with Crippen molar-refractivity contribution in [1.82, 2.24) is 4.98 Å². The first-order valence-corrected chi connectivity index (χ1v) is 8.12.